The zero-order valence-corrected chi connectivity index (χ0v) is 19.8. The van der Waals surface area contributed by atoms with Crippen molar-refractivity contribution in [3.05, 3.63) is 29.3 Å². The fourth-order valence-electron chi connectivity index (χ4n) is 6.36. The standard InChI is InChI=1S/C26H36N2O4/c1-24(2,3)19-5-6-21(31-4)20(11-19)17-12-25(13-17)7-9-28(10-8-25)22(29)18-14-26(15-18)16-32-23(30)27-26/h5-6,11,17-18H,7-10,12-16H2,1-4H3,(H,27,30). The summed E-state index contributed by atoms with van der Waals surface area (Å²) in [6.07, 6.45) is 5.64. The first-order valence-electron chi connectivity index (χ1n) is 12.0. The van der Waals surface area contributed by atoms with Gasteiger partial charge in [-0.15, -0.1) is 0 Å². The van der Waals surface area contributed by atoms with E-state index in [9.17, 15) is 9.59 Å². The van der Waals surface area contributed by atoms with Crippen molar-refractivity contribution in [3.63, 3.8) is 0 Å². The second-order valence-electron chi connectivity index (χ2n) is 11.7. The van der Waals surface area contributed by atoms with Crippen LogP contribution in [-0.2, 0) is 14.9 Å². The van der Waals surface area contributed by atoms with Crippen LogP contribution in [0.4, 0.5) is 4.79 Å². The van der Waals surface area contributed by atoms with E-state index in [4.69, 9.17) is 9.47 Å². The highest BCUT2D eigenvalue weighted by atomic mass is 16.6. The molecule has 174 valence electrons. The van der Waals surface area contributed by atoms with E-state index in [1.165, 1.54) is 24.0 Å². The summed E-state index contributed by atoms with van der Waals surface area (Å²) in [5.41, 5.74) is 2.93. The lowest BCUT2D eigenvalue weighted by molar-refractivity contribution is -0.144. The molecule has 6 nitrogen and oxygen atoms in total. The van der Waals surface area contributed by atoms with Gasteiger partial charge in [-0.2, -0.15) is 0 Å². The van der Waals surface area contributed by atoms with Crippen molar-refractivity contribution in [3.8, 4) is 5.75 Å². The molecule has 1 aromatic rings. The minimum Gasteiger partial charge on any atom is -0.496 e. The van der Waals surface area contributed by atoms with Crippen LogP contribution in [0, 0.1) is 11.3 Å². The van der Waals surface area contributed by atoms with E-state index in [1.807, 2.05) is 0 Å². The molecule has 1 N–H and O–H groups in total. The summed E-state index contributed by atoms with van der Waals surface area (Å²) in [7, 11) is 1.77. The lowest BCUT2D eigenvalue weighted by atomic mass is 9.55. The Bertz CT molecular complexity index is 912. The normalized spacial score (nSPS) is 26.3. The maximum Gasteiger partial charge on any atom is 0.407 e. The number of cyclic esters (lactones) is 1. The van der Waals surface area contributed by atoms with Crippen LogP contribution in [-0.4, -0.2) is 49.2 Å². The van der Waals surface area contributed by atoms with Gasteiger partial charge in [-0.1, -0.05) is 32.9 Å². The van der Waals surface area contributed by atoms with E-state index in [1.54, 1.807) is 7.11 Å². The predicted octanol–water partition coefficient (Wildman–Crippen LogP) is 4.37. The number of hydrogen-bond donors (Lipinski definition) is 1. The Labute approximate surface area is 191 Å². The van der Waals surface area contributed by atoms with Crippen LogP contribution in [0.3, 0.4) is 0 Å². The zero-order valence-electron chi connectivity index (χ0n) is 19.8. The maximum atomic E-state index is 13.0. The Kier molecular flexibility index (Phi) is 4.99. The maximum absolute atomic E-state index is 13.0. The third-order valence-electron chi connectivity index (χ3n) is 8.50. The number of amides is 2. The minimum absolute atomic E-state index is 0.0320. The Morgan fingerprint density at radius 2 is 1.84 bits per heavy atom. The molecule has 6 heteroatoms. The highest BCUT2D eigenvalue weighted by Crippen LogP contribution is 2.58. The molecule has 4 fully saturated rings. The van der Waals surface area contributed by atoms with Crippen molar-refractivity contribution in [1.29, 1.82) is 0 Å². The smallest absolute Gasteiger partial charge is 0.407 e. The summed E-state index contributed by atoms with van der Waals surface area (Å²) < 4.78 is 10.7. The number of hydrogen-bond acceptors (Lipinski definition) is 4. The van der Waals surface area contributed by atoms with Gasteiger partial charge in [-0.3, -0.25) is 4.79 Å². The SMILES string of the molecule is COc1ccc(C(C)(C)C)cc1C1CC2(CCN(C(=O)C3CC4(COC(=O)N4)C3)CC2)C1. The summed E-state index contributed by atoms with van der Waals surface area (Å²) >= 11 is 0. The number of benzene rings is 1. The molecular formula is C26H36N2O4. The first-order valence-corrected chi connectivity index (χ1v) is 12.0. The van der Waals surface area contributed by atoms with Crippen LogP contribution < -0.4 is 10.1 Å². The largest absolute Gasteiger partial charge is 0.496 e. The average molecular weight is 441 g/mol. The van der Waals surface area contributed by atoms with Gasteiger partial charge in [0.2, 0.25) is 5.91 Å². The van der Waals surface area contributed by atoms with E-state index in [-0.39, 0.29) is 28.9 Å². The van der Waals surface area contributed by atoms with E-state index in [2.05, 4.69) is 49.2 Å². The van der Waals surface area contributed by atoms with Crippen molar-refractivity contribution in [2.45, 2.75) is 76.2 Å². The van der Waals surface area contributed by atoms with Gasteiger partial charge in [0.1, 0.15) is 12.4 Å². The number of methoxy groups -OCH3 is 1. The number of piperidine rings is 1. The number of nitrogens with zero attached hydrogens (tertiary/aromatic N) is 1. The van der Waals surface area contributed by atoms with Gasteiger partial charge in [0.05, 0.1) is 12.6 Å². The van der Waals surface area contributed by atoms with Crippen molar-refractivity contribution in [1.82, 2.24) is 10.2 Å². The number of likely N-dealkylation sites (tertiary alicyclic amines) is 1. The minimum atomic E-state index is -0.347. The summed E-state index contributed by atoms with van der Waals surface area (Å²) in [6, 6.07) is 6.67. The third-order valence-corrected chi connectivity index (χ3v) is 8.50. The number of carbonyl (C=O) groups is 2. The number of rotatable bonds is 3. The quantitative estimate of drug-likeness (QED) is 0.758. The second-order valence-corrected chi connectivity index (χ2v) is 11.7. The summed E-state index contributed by atoms with van der Waals surface area (Å²) in [6.45, 7) is 8.88. The fraction of sp³-hybridized carbons (Fsp3) is 0.692. The van der Waals surface area contributed by atoms with E-state index >= 15 is 0 Å². The van der Waals surface area contributed by atoms with Crippen LogP contribution >= 0.6 is 0 Å². The molecule has 2 saturated heterocycles. The van der Waals surface area contributed by atoms with E-state index in [0.717, 1.165) is 31.7 Å². The molecule has 32 heavy (non-hydrogen) atoms. The van der Waals surface area contributed by atoms with Crippen molar-refractivity contribution >= 4 is 12.0 Å². The lowest BCUT2D eigenvalue weighted by Crippen LogP contribution is -2.59. The zero-order chi connectivity index (χ0) is 22.7. The topological polar surface area (TPSA) is 67.9 Å². The van der Waals surface area contributed by atoms with Gasteiger partial charge in [-0.05, 0) is 72.5 Å². The molecule has 2 aliphatic heterocycles. The summed E-state index contributed by atoms with van der Waals surface area (Å²) in [4.78, 5) is 26.4. The van der Waals surface area contributed by atoms with Gasteiger partial charge < -0.3 is 19.7 Å². The number of alkyl carbamates (subject to hydrolysis) is 1. The number of carbonyl (C=O) groups excluding carboxylic acids is 2. The molecule has 0 bridgehead atoms. The van der Waals surface area contributed by atoms with E-state index in [0.29, 0.717) is 30.8 Å². The first-order chi connectivity index (χ1) is 15.1. The van der Waals surface area contributed by atoms with Crippen LogP contribution in [0.25, 0.3) is 0 Å². The Balaban J connectivity index is 1.16. The molecule has 2 saturated carbocycles. The molecule has 0 unspecified atom stereocenters. The third kappa shape index (κ3) is 3.65. The molecule has 4 aliphatic rings. The molecule has 2 amide bonds. The Morgan fingerprint density at radius 3 is 2.41 bits per heavy atom. The average Bonchev–Trinajstić information content (AvgIpc) is 3.11. The molecule has 0 atom stereocenters. The molecule has 0 radical (unpaired) electrons. The molecule has 2 heterocycles. The first kappa shape index (κ1) is 21.6. The van der Waals surface area contributed by atoms with Gasteiger partial charge in [0, 0.05) is 19.0 Å². The Hall–Kier alpha value is -2.24. The van der Waals surface area contributed by atoms with Crippen LogP contribution in [0.15, 0.2) is 18.2 Å². The monoisotopic (exact) mass is 440 g/mol. The molecule has 2 aliphatic carbocycles. The van der Waals surface area contributed by atoms with Crippen LogP contribution in [0.1, 0.15) is 76.3 Å². The van der Waals surface area contributed by atoms with Crippen molar-refractivity contribution < 1.29 is 19.1 Å². The van der Waals surface area contributed by atoms with Gasteiger partial charge in [0.15, 0.2) is 0 Å². The number of ether oxygens (including phenoxy) is 2. The van der Waals surface area contributed by atoms with Gasteiger partial charge in [0.25, 0.3) is 0 Å². The number of nitrogens with one attached hydrogen (secondary N) is 1. The lowest BCUT2D eigenvalue weighted by Gasteiger charge is -2.53. The highest BCUT2D eigenvalue weighted by Gasteiger charge is 2.54. The van der Waals surface area contributed by atoms with Crippen LogP contribution in [0.5, 0.6) is 5.75 Å². The van der Waals surface area contributed by atoms with Crippen molar-refractivity contribution in [2.75, 3.05) is 26.8 Å². The second kappa shape index (κ2) is 7.39. The van der Waals surface area contributed by atoms with Crippen LogP contribution in [0.2, 0.25) is 0 Å². The highest BCUT2D eigenvalue weighted by molar-refractivity contribution is 5.81. The molecule has 2 spiro atoms. The molecule has 5 rings (SSSR count). The molecule has 1 aromatic carbocycles. The predicted molar refractivity (Wildman–Crippen MR) is 122 cm³/mol. The molecular weight excluding hydrogens is 404 g/mol. The summed E-state index contributed by atoms with van der Waals surface area (Å²) in [5, 5.41) is 2.89. The fourth-order valence-corrected chi connectivity index (χ4v) is 6.36. The van der Waals surface area contributed by atoms with Gasteiger partial charge >= 0.3 is 6.09 Å². The van der Waals surface area contributed by atoms with E-state index < -0.39 is 0 Å². The van der Waals surface area contributed by atoms with Gasteiger partial charge in [-0.25, -0.2) is 4.79 Å². The van der Waals surface area contributed by atoms with Crippen molar-refractivity contribution in [2.24, 2.45) is 11.3 Å². The Morgan fingerprint density at radius 1 is 1.16 bits per heavy atom. The molecule has 0 aromatic heterocycles. The summed E-state index contributed by atoms with van der Waals surface area (Å²) in [5.74, 6) is 1.85.